The molecule has 1 N–H and O–H groups in total. The summed E-state index contributed by atoms with van der Waals surface area (Å²) in [6.45, 7) is 3.04. The van der Waals surface area contributed by atoms with Crippen LogP contribution in [-0.4, -0.2) is 29.9 Å². The second-order valence-corrected chi connectivity index (χ2v) is 6.09. The topological polar surface area (TPSA) is 47.0 Å². The molecule has 0 radical (unpaired) electrons. The van der Waals surface area contributed by atoms with Gasteiger partial charge in [0.25, 0.3) is 0 Å². The average molecular weight is 321 g/mol. The van der Waals surface area contributed by atoms with E-state index in [4.69, 9.17) is 4.74 Å². The van der Waals surface area contributed by atoms with E-state index in [0.717, 1.165) is 39.6 Å². The summed E-state index contributed by atoms with van der Waals surface area (Å²) in [4.78, 5) is 10.1. The van der Waals surface area contributed by atoms with E-state index in [1.54, 1.807) is 30.6 Å². The lowest BCUT2D eigenvalue weighted by molar-refractivity contribution is 0.405. The maximum absolute atomic E-state index is 5.38. The minimum atomic E-state index is 0.772. The van der Waals surface area contributed by atoms with Gasteiger partial charge in [0.15, 0.2) is 5.16 Å². The maximum atomic E-state index is 5.38. The summed E-state index contributed by atoms with van der Waals surface area (Å²) in [7, 11) is 1.68. The number of nitrogens with one attached hydrogen (secondary N) is 1. The molecular formula is C15H19N3OS2. The fourth-order valence-corrected chi connectivity index (χ4v) is 3.07. The molecule has 2 rings (SSSR count). The van der Waals surface area contributed by atoms with Crippen molar-refractivity contribution in [1.82, 2.24) is 9.97 Å². The Morgan fingerprint density at radius 3 is 2.76 bits per heavy atom. The van der Waals surface area contributed by atoms with Gasteiger partial charge in [-0.2, -0.15) is 0 Å². The molecule has 0 fully saturated rings. The lowest BCUT2D eigenvalue weighted by Gasteiger charge is -2.10. The number of para-hydroxylation sites is 1. The molecule has 0 bridgehead atoms. The minimum Gasteiger partial charge on any atom is -0.496 e. The molecule has 0 aliphatic rings. The number of nitrogens with zero attached hydrogens (tertiary/aromatic N) is 2. The van der Waals surface area contributed by atoms with E-state index in [9.17, 15) is 0 Å². The van der Waals surface area contributed by atoms with Gasteiger partial charge in [-0.25, -0.2) is 9.97 Å². The van der Waals surface area contributed by atoms with E-state index < -0.39 is 0 Å². The van der Waals surface area contributed by atoms with Gasteiger partial charge in [0.2, 0.25) is 0 Å². The van der Waals surface area contributed by atoms with E-state index in [2.05, 4.69) is 22.2 Å². The fourth-order valence-electron chi connectivity index (χ4n) is 1.71. The number of benzene rings is 1. The highest BCUT2D eigenvalue weighted by molar-refractivity contribution is 7.99. The molecule has 0 aliphatic heterocycles. The molecule has 0 saturated heterocycles. The van der Waals surface area contributed by atoms with Crippen molar-refractivity contribution in [3.05, 3.63) is 30.3 Å². The Morgan fingerprint density at radius 2 is 2.05 bits per heavy atom. The van der Waals surface area contributed by atoms with Crippen LogP contribution in [0.4, 0.5) is 5.82 Å². The molecular weight excluding hydrogens is 302 g/mol. The van der Waals surface area contributed by atoms with Gasteiger partial charge in [-0.15, -0.1) is 0 Å². The van der Waals surface area contributed by atoms with Crippen LogP contribution < -0.4 is 10.1 Å². The maximum Gasteiger partial charge on any atom is 0.190 e. The minimum absolute atomic E-state index is 0.772. The summed E-state index contributed by atoms with van der Waals surface area (Å²) in [5.74, 6) is 1.73. The summed E-state index contributed by atoms with van der Waals surface area (Å²) in [6, 6.07) is 9.92. The van der Waals surface area contributed by atoms with Gasteiger partial charge < -0.3 is 10.1 Å². The predicted molar refractivity (Wildman–Crippen MR) is 89.7 cm³/mol. The molecule has 0 aliphatic carbocycles. The second kappa shape index (κ2) is 8.14. The van der Waals surface area contributed by atoms with Crippen molar-refractivity contribution in [3.63, 3.8) is 0 Å². The molecule has 1 aromatic heterocycles. The Morgan fingerprint density at radius 1 is 1.24 bits per heavy atom. The fraction of sp³-hybridized carbons (Fsp3) is 0.333. The molecule has 4 nitrogen and oxygen atoms in total. The monoisotopic (exact) mass is 321 g/mol. The van der Waals surface area contributed by atoms with Crippen molar-refractivity contribution in [3.8, 4) is 5.75 Å². The van der Waals surface area contributed by atoms with Gasteiger partial charge in [-0.1, -0.05) is 42.6 Å². The van der Waals surface area contributed by atoms with Crippen LogP contribution in [0.5, 0.6) is 5.75 Å². The molecule has 1 heterocycles. The van der Waals surface area contributed by atoms with Crippen LogP contribution in [0.2, 0.25) is 0 Å². The second-order valence-electron chi connectivity index (χ2n) is 4.26. The first-order valence-electron chi connectivity index (χ1n) is 6.74. The molecule has 6 heteroatoms. The Bertz CT molecular complexity index is 593. The molecule has 0 spiro atoms. The Kier molecular flexibility index (Phi) is 6.20. The Labute approximate surface area is 134 Å². The molecule has 2 aromatic rings. The number of anilines is 1. The van der Waals surface area contributed by atoms with Gasteiger partial charge in [-0.05, 0) is 24.8 Å². The first kappa shape index (κ1) is 16.0. The number of thioether (sulfide) groups is 1. The number of hydrogen-bond acceptors (Lipinski definition) is 6. The van der Waals surface area contributed by atoms with E-state index >= 15 is 0 Å². The third kappa shape index (κ3) is 4.54. The Hall–Kier alpha value is -1.40. The number of hydrogen-bond donors (Lipinski definition) is 1. The van der Waals surface area contributed by atoms with Crippen LogP contribution >= 0.6 is 23.5 Å². The number of methoxy groups -OCH3 is 1. The lowest BCUT2D eigenvalue weighted by Crippen LogP contribution is -2.03. The molecule has 112 valence electrons. The molecule has 0 saturated carbocycles. The van der Waals surface area contributed by atoms with Crippen LogP contribution in [-0.2, 0) is 0 Å². The largest absolute Gasteiger partial charge is 0.496 e. The summed E-state index contributed by atoms with van der Waals surface area (Å²) in [5.41, 5.74) is 0. The molecule has 0 amide bonds. The van der Waals surface area contributed by atoms with E-state index in [1.807, 2.05) is 36.6 Å². The zero-order valence-corrected chi connectivity index (χ0v) is 14.1. The van der Waals surface area contributed by atoms with E-state index in [-0.39, 0.29) is 0 Å². The van der Waals surface area contributed by atoms with Gasteiger partial charge in [0, 0.05) is 12.6 Å². The quantitative estimate of drug-likeness (QED) is 0.469. The van der Waals surface area contributed by atoms with Crippen molar-refractivity contribution >= 4 is 29.3 Å². The molecule has 21 heavy (non-hydrogen) atoms. The van der Waals surface area contributed by atoms with Crippen molar-refractivity contribution in [1.29, 1.82) is 0 Å². The van der Waals surface area contributed by atoms with Crippen LogP contribution in [0.3, 0.4) is 0 Å². The highest BCUT2D eigenvalue weighted by Crippen LogP contribution is 2.34. The standard InChI is InChI=1S/C15H19N3OS2/c1-4-9-16-13-10-14(18-15(17-13)20-3)21-12-8-6-5-7-11(12)19-2/h5-8,10H,4,9H2,1-3H3,(H,16,17,18). The van der Waals surface area contributed by atoms with Crippen LogP contribution in [0.1, 0.15) is 13.3 Å². The number of aromatic nitrogens is 2. The highest BCUT2D eigenvalue weighted by Gasteiger charge is 2.08. The van der Waals surface area contributed by atoms with Gasteiger partial charge >= 0.3 is 0 Å². The molecule has 0 unspecified atom stereocenters. The van der Waals surface area contributed by atoms with Gasteiger partial charge in [0.1, 0.15) is 16.6 Å². The third-order valence-electron chi connectivity index (χ3n) is 2.70. The zero-order valence-electron chi connectivity index (χ0n) is 12.4. The summed E-state index contributed by atoms with van der Waals surface area (Å²) < 4.78 is 5.38. The van der Waals surface area contributed by atoms with Crippen molar-refractivity contribution in [2.45, 2.75) is 28.4 Å². The highest BCUT2D eigenvalue weighted by atomic mass is 32.2. The number of rotatable bonds is 7. The van der Waals surface area contributed by atoms with Crippen molar-refractivity contribution < 1.29 is 4.74 Å². The van der Waals surface area contributed by atoms with Crippen LogP contribution in [0, 0.1) is 0 Å². The first-order valence-corrected chi connectivity index (χ1v) is 8.78. The van der Waals surface area contributed by atoms with Crippen molar-refractivity contribution in [2.24, 2.45) is 0 Å². The average Bonchev–Trinajstić information content (AvgIpc) is 2.53. The molecule has 0 atom stereocenters. The third-order valence-corrected chi connectivity index (χ3v) is 4.23. The SMILES string of the molecule is CCCNc1cc(Sc2ccccc2OC)nc(SC)n1. The van der Waals surface area contributed by atoms with E-state index in [1.165, 1.54) is 0 Å². The normalized spacial score (nSPS) is 10.4. The lowest BCUT2D eigenvalue weighted by atomic mass is 10.3. The van der Waals surface area contributed by atoms with Gasteiger partial charge in [0.05, 0.1) is 12.0 Å². The van der Waals surface area contributed by atoms with Crippen LogP contribution in [0.15, 0.2) is 45.4 Å². The first-order chi connectivity index (χ1) is 10.3. The summed E-state index contributed by atoms with van der Waals surface area (Å²) in [5, 5.41) is 5.00. The van der Waals surface area contributed by atoms with E-state index in [0.29, 0.717) is 0 Å². The smallest absolute Gasteiger partial charge is 0.190 e. The van der Waals surface area contributed by atoms with Crippen molar-refractivity contribution in [2.75, 3.05) is 25.2 Å². The summed E-state index contributed by atoms with van der Waals surface area (Å²) in [6.07, 6.45) is 3.05. The van der Waals surface area contributed by atoms with Gasteiger partial charge in [-0.3, -0.25) is 0 Å². The van der Waals surface area contributed by atoms with Crippen LogP contribution in [0.25, 0.3) is 0 Å². The Balaban J connectivity index is 2.25. The molecule has 1 aromatic carbocycles. The number of ether oxygens (including phenoxy) is 1. The summed E-state index contributed by atoms with van der Waals surface area (Å²) >= 11 is 3.13. The zero-order chi connectivity index (χ0) is 15.1. The predicted octanol–water partition coefficient (Wildman–Crippen LogP) is 4.18.